The van der Waals surface area contributed by atoms with Crippen molar-refractivity contribution in [2.45, 2.75) is 80.4 Å². The molecule has 4 nitrogen and oxygen atoms in total. The highest BCUT2D eigenvalue weighted by Gasteiger charge is 2.24. The minimum absolute atomic E-state index is 0.0638. The molecule has 0 atom stereocenters. The third-order valence-electron chi connectivity index (χ3n) is 6.90. The molecule has 46 heavy (non-hydrogen) atoms. The van der Waals surface area contributed by atoms with Crippen LogP contribution in [0.4, 0.5) is 0 Å². The lowest BCUT2D eigenvalue weighted by atomic mass is 10.0. The van der Waals surface area contributed by atoms with Gasteiger partial charge in [0.05, 0.1) is 0 Å². The maximum absolute atomic E-state index is 12.1. The molecule has 0 saturated carbocycles. The third-order valence-corrected chi connectivity index (χ3v) is 6.90. The third kappa shape index (κ3) is 20.0. The number of hydrogen-bond acceptors (Lipinski definition) is 4. The molecule has 4 heteroatoms. The van der Waals surface area contributed by atoms with Crippen LogP contribution in [0.15, 0.2) is 155 Å². The Labute approximate surface area is 279 Å². The zero-order valence-corrected chi connectivity index (χ0v) is 30.2. The Bertz CT molecular complexity index is 1310. The Hall–Kier alpha value is -4.12. The molecule has 0 unspecified atom stereocenters. The number of carbonyl (C=O) groups excluding carboxylic acids is 2. The molecule has 0 fully saturated rings. The second kappa shape index (κ2) is 22.4. The van der Waals surface area contributed by atoms with E-state index in [0.29, 0.717) is 0 Å². The Morgan fingerprint density at radius 3 is 0.826 bits per heavy atom. The minimum atomic E-state index is -0.810. The van der Waals surface area contributed by atoms with Crippen molar-refractivity contribution in [3.8, 4) is 0 Å². The summed E-state index contributed by atoms with van der Waals surface area (Å²) in [7, 11) is 3.07. The van der Waals surface area contributed by atoms with Crippen LogP contribution in [0.25, 0.3) is 0 Å². The molecule has 0 aromatic rings. The van der Waals surface area contributed by atoms with Crippen molar-refractivity contribution < 1.29 is 19.1 Å². The van der Waals surface area contributed by atoms with Crippen LogP contribution in [0.1, 0.15) is 69.2 Å². The van der Waals surface area contributed by atoms with E-state index in [1.807, 2.05) is 88.5 Å². The number of ketones is 2. The molecule has 0 aliphatic carbocycles. The molecular weight excluding hydrogens is 568 g/mol. The van der Waals surface area contributed by atoms with E-state index in [9.17, 15) is 9.59 Å². The predicted octanol–water partition coefficient (Wildman–Crippen LogP) is 10.5. The SMILES string of the molecule is COC(C)(C)C(=O)/C=C/C(C)=C/C=C/C(C)=C\C=C\C(C)=C/C=C/C=C(C)\C=C\C=C(C)/C=C/C=C(C)/C=C/C(=O)C(C)(C)OC. The Morgan fingerprint density at radius 2 is 0.587 bits per heavy atom. The first-order valence-corrected chi connectivity index (χ1v) is 15.5. The normalized spacial score (nSPS) is 15.9. The van der Waals surface area contributed by atoms with Gasteiger partial charge in [0, 0.05) is 14.2 Å². The van der Waals surface area contributed by atoms with Gasteiger partial charge in [-0.15, -0.1) is 0 Å². The molecule has 0 saturated heterocycles. The Kier molecular flexibility index (Phi) is 20.4. The van der Waals surface area contributed by atoms with Gasteiger partial charge in [0.25, 0.3) is 0 Å². The average Bonchev–Trinajstić information content (AvgIpc) is 3.00. The number of hydrogen-bond donors (Lipinski definition) is 0. The maximum Gasteiger partial charge on any atom is 0.186 e. The van der Waals surface area contributed by atoms with Crippen LogP contribution in [0, 0.1) is 0 Å². The Balaban J connectivity index is 4.92. The van der Waals surface area contributed by atoms with Crippen molar-refractivity contribution in [3.05, 3.63) is 155 Å². The topological polar surface area (TPSA) is 52.6 Å². The van der Waals surface area contributed by atoms with Gasteiger partial charge in [-0.1, -0.05) is 143 Å². The molecule has 0 rings (SSSR count). The molecule has 0 aromatic heterocycles. The first-order valence-electron chi connectivity index (χ1n) is 15.5. The summed E-state index contributed by atoms with van der Waals surface area (Å²) in [5, 5.41) is 0. The Morgan fingerprint density at radius 1 is 0.370 bits per heavy atom. The second-order valence-electron chi connectivity index (χ2n) is 12.1. The van der Waals surface area contributed by atoms with Gasteiger partial charge >= 0.3 is 0 Å². The fourth-order valence-corrected chi connectivity index (χ4v) is 3.17. The van der Waals surface area contributed by atoms with E-state index in [1.165, 1.54) is 14.2 Å². The van der Waals surface area contributed by atoms with Crippen molar-refractivity contribution >= 4 is 11.6 Å². The molecule has 0 radical (unpaired) electrons. The quantitative estimate of drug-likeness (QED) is 0.112. The van der Waals surface area contributed by atoms with Crippen LogP contribution in [-0.4, -0.2) is 37.0 Å². The number of allylic oxidation sites excluding steroid dienone is 24. The molecule has 0 aliphatic rings. The summed E-state index contributed by atoms with van der Waals surface area (Å²) < 4.78 is 10.4. The van der Waals surface area contributed by atoms with Gasteiger partial charge < -0.3 is 9.47 Å². The summed E-state index contributed by atoms with van der Waals surface area (Å²) in [6, 6.07) is 0. The first kappa shape index (κ1) is 41.9. The summed E-state index contributed by atoms with van der Waals surface area (Å²) in [5.74, 6) is -0.128. The zero-order chi connectivity index (χ0) is 35.2. The van der Waals surface area contributed by atoms with Gasteiger partial charge in [0.15, 0.2) is 11.6 Å². The van der Waals surface area contributed by atoms with Crippen molar-refractivity contribution in [1.82, 2.24) is 0 Å². The van der Waals surface area contributed by atoms with Gasteiger partial charge in [-0.2, -0.15) is 0 Å². The molecule has 0 bridgehead atoms. The van der Waals surface area contributed by atoms with Crippen molar-refractivity contribution in [1.29, 1.82) is 0 Å². The molecule has 0 N–H and O–H groups in total. The molecule has 0 aromatic carbocycles. The van der Waals surface area contributed by atoms with E-state index < -0.39 is 11.2 Å². The van der Waals surface area contributed by atoms with Crippen LogP contribution in [0.5, 0.6) is 0 Å². The van der Waals surface area contributed by atoms with Crippen LogP contribution >= 0.6 is 0 Å². The van der Waals surface area contributed by atoms with Gasteiger partial charge in [0.2, 0.25) is 0 Å². The summed E-state index contributed by atoms with van der Waals surface area (Å²) in [5.41, 5.74) is 4.87. The monoisotopic (exact) mass is 624 g/mol. The number of rotatable bonds is 18. The van der Waals surface area contributed by atoms with E-state index in [4.69, 9.17) is 9.47 Å². The summed E-state index contributed by atoms with van der Waals surface area (Å²) in [6.07, 6.45) is 39.2. The molecule has 248 valence electrons. The average molecular weight is 625 g/mol. The van der Waals surface area contributed by atoms with E-state index in [0.717, 1.165) is 33.4 Å². The van der Waals surface area contributed by atoms with Crippen molar-refractivity contribution in [2.24, 2.45) is 0 Å². The maximum atomic E-state index is 12.1. The van der Waals surface area contributed by atoms with Gasteiger partial charge in [0.1, 0.15) is 11.2 Å². The summed E-state index contributed by atoms with van der Waals surface area (Å²) in [4.78, 5) is 24.2. The molecule has 0 amide bonds. The van der Waals surface area contributed by atoms with Crippen molar-refractivity contribution in [3.63, 3.8) is 0 Å². The highest BCUT2D eigenvalue weighted by molar-refractivity contribution is 5.97. The van der Waals surface area contributed by atoms with Crippen LogP contribution in [0.2, 0.25) is 0 Å². The number of carbonyl (C=O) groups is 2. The summed E-state index contributed by atoms with van der Waals surface area (Å²) >= 11 is 0. The lowest BCUT2D eigenvalue weighted by molar-refractivity contribution is -0.132. The molecule has 0 spiro atoms. The predicted molar refractivity (Wildman–Crippen MR) is 199 cm³/mol. The highest BCUT2D eigenvalue weighted by atomic mass is 16.5. The molecule has 0 heterocycles. The molecular formula is C42H56O4. The lowest BCUT2D eigenvalue weighted by Gasteiger charge is -2.18. The molecule has 0 aliphatic heterocycles. The smallest absolute Gasteiger partial charge is 0.186 e. The first-order chi connectivity index (χ1) is 21.5. The van der Waals surface area contributed by atoms with Gasteiger partial charge in [-0.05, 0) is 81.4 Å². The van der Waals surface area contributed by atoms with Crippen LogP contribution in [0.3, 0.4) is 0 Å². The summed E-state index contributed by atoms with van der Waals surface area (Å²) in [6.45, 7) is 19.2. The van der Waals surface area contributed by atoms with Crippen molar-refractivity contribution in [2.75, 3.05) is 14.2 Å². The minimum Gasteiger partial charge on any atom is -0.371 e. The fraction of sp³-hybridized carbons (Fsp3) is 0.333. The van der Waals surface area contributed by atoms with E-state index >= 15 is 0 Å². The second-order valence-corrected chi connectivity index (χ2v) is 12.1. The zero-order valence-electron chi connectivity index (χ0n) is 30.2. The fourth-order valence-electron chi connectivity index (χ4n) is 3.17. The largest absolute Gasteiger partial charge is 0.371 e. The lowest BCUT2D eigenvalue weighted by Crippen LogP contribution is -2.32. The van der Waals surface area contributed by atoms with E-state index in [2.05, 4.69) is 50.3 Å². The van der Waals surface area contributed by atoms with Gasteiger partial charge in [-0.25, -0.2) is 0 Å². The number of ether oxygens (including phenoxy) is 2. The number of methoxy groups -OCH3 is 2. The van der Waals surface area contributed by atoms with Crippen LogP contribution < -0.4 is 0 Å². The van der Waals surface area contributed by atoms with E-state index in [-0.39, 0.29) is 11.6 Å². The highest BCUT2D eigenvalue weighted by Crippen LogP contribution is 2.12. The van der Waals surface area contributed by atoms with Crippen LogP contribution in [-0.2, 0) is 19.1 Å². The van der Waals surface area contributed by atoms with Gasteiger partial charge in [-0.3, -0.25) is 9.59 Å². The standard InChI is InChI=1S/C42H56O4/c1-33(21-15-23-35(3)25-17-27-37(5)29-31-39(43)41(7,8)45-11)19-13-14-20-34(2)22-16-24-36(4)26-18-28-38(6)30-32-40(44)42(9,10)46-12/h13-32H,1-12H3/b14-13+,21-15+,22-16+,25-17+,26-18+,31-29+,32-30+,33-19-,34-20-,35-23-,36-24-,37-27+,38-28+. The van der Waals surface area contributed by atoms with E-state index in [1.54, 1.807) is 52.0 Å².